The van der Waals surface area contributed by atoms with Crippen LogP contribution in [-0.4, -0.2) is 157 Å². The molecule has 416 valence electrons. The van der Waals surface area contributed by atoms with Gasteiger partial charge in [0, 0.05) is 19.4 Å². The van der Waals surface area contributed by atoms with Crippen LogP contribution >= 0.6 is 23.2 Å². The number of halogens is 2. The summed E-state index contributed by atoms with van der Waals surface area (Å²) in [7, 11) is 4.01. The molecule has 0 amide bonds. The Hall–Kier alpha value is -3.89. The molecule has 0 aromatic heterocycles. The molecule has 0 aliphatic carbocycles. The number of hydrogen-bond donors (Lipinski definition) is 5. The van der Waals surface area contributed by atoms with E-state index in [1.165, 1.54) is 34.3 Å². The zero-order valence-corrected chi connectivity index (χ0v) is 46.5. The fourth-order valence-corrected chi connectivity index (χ4v) is 9.74. The number of carbonyl (C=O) groups is 3. The summed E-state index contributed by atoms with van der Waals surface area (Å²) in [5, 5.41) is 56.6. The molecule has 20 heteroatoms. The highest BCUT2D eigenvalue weighted by atomic mass is 35.5. The lowest BCUT2D eigenvalue weighted by Crippen LogP contribution is -2.64. The first-order chi connectivity index (χ1) is 34.8. The summed E-state index contributed by atoms with van der Waals surface area (Å²) in [5.74, 6) is -3.07. The minimum atomic E-state index is -1.60. The van der Waals surface area contributed by atoms with Gasteiger partial charge in [-0.25, -0.2) is 9.59 Å². The number of aliphatic hydroxyl groups excluding tert-OH is 5. The van der Waals surface area contributed by atoms with Gasteiger partial charge in [0.05, 0.1) is 61.8 Å². The van der Waals surface area contributed by atoms with Crippen molar-refractivity contribution in [3.63, 3.8) is 0 Å². The van der Waals surface area contributed by atoms with Gasteiger partial charge >= 0.3 is 17.9 Å². The van der Waals surface area contributed by atoms with E-state index in [9.17, 15) is 39.9 Å². The number of ether oxygens (including phenoxy) is 10. The molecule has 1 aromatic rings. The summed E-state index contributed by atoms with van der Waals surface area (Å²) in [4.78, 5) is 40.4. The van der Waals surface area contributed by atoms with Gasteiger partial charge in [0.25, 0.3) is 0 Å². The van der Waals surface area contributed by atoms with E-state index in [-0.39, 0.29) is 57.9 Å². The molecular weight excluding hydrogens is 1010 g/mol. The van der Waals surface area contributed by atoms with Crippen LogP contribution in [0.1, 0.15) is 111 Å². The summed E-state index contributed by atoms with van der Waals surface area (Å²) < 4.78 is 58.9. The van der Waals surface area contributed by atoms with Gasteiger partial charge in [0.15, 0.2) is 36.3 Å². The fourth-order valence-electron chi connectivity index (χ4n) is 8.95. The van der Waals surface area contributed by atoms with Gasteiger partial charge in [-0.1, -0.05) is 86.9 Å². The van der Waals surface area contributed by atoms with Gasteiger partial charge in [-0.15, -0.1) is 0 Å². The standard InChI is InChI=1S/C54H78Cl2O18/c1-15-32-24-28(6)35(58)20-18-17-19-33(25-68-53-47(67-14)42(61)44(31(9)69-53)71-51(64)37-34(16-2)38(55)46(66-13)39(56)45(37)65-12)50(63)70-36(30(8)57)22-21-27(5)23-29(7)43(32)72-52-41(60)40(59)48(54(10,11)74-52)73-49(62)26(3)4/h17-19,21,23-24,26,30-32,35-36,40-44,47-48,52-53,57-61H,15-16,20,22,25H2,1-14H3/b18-17-,27-21-,28-24-,29-23-,33-19-/t30-,31-,32+,35-,36+,40-,41+,42+,43+,44-,47+,48+,52?,53-/m1/s1. The average Bonchev–Trinajstić information content (AvgIpc) is 3.34. The summed E-state index contributed by atoms with van der Waals surface area (Å²) >= 11 is 13.1. The zero-order chi connectivity index (χ0) is 55.5. The number of methoxy groups -OCH3 is 3. The smallest absolute Gasteiger partial charge is 0.342 e. The highest BCUT2D eigenvalue weighted by Crippen LogP contribution is 2.46. The Labute approximate surface area is 445 Å². The molecular formula is C54H78Cl2O18. The van der Waals surface area contributed by atoms with Crippen LogP contribution in [0.4, 0.5) is 0 Å². The summed E-state index contributed by atoms with van der Waals surface area (Å²) in [5.41, 5.74) is 1.02. The Morgan fingerprint density at radius 3 is 2.12 bits per heavy atom. The normalized spacial score (nSPS) is 34.1. The Balaban J connectivity index is 1.61. The van der Waals surface area contributed by atoms with Crippen LogP contribution in [0, 0.1) is 11.8 Å². The third-order valence-electron chi connectivity index (χ3n) is 13.4. The van der Waals surface area contributed by atoms with E-state index in [0.29, 0.717) is 28.7 Å². The van der Waals surface area contributed by atoms with Crippen molar-refractivity contribution < 1.29 is 87.3 Å². The van der Waals surface area contributed by atoms with E-state index < -0.39 is 116 Å². The minimum absolute atomic E-state index is 0.0105. The molecule has 2 fully saturated rings. The number of esters is 3. The van der Waals surface area contributed by atoms with Crippen molar-refractivity contribution >= 4 is 41.1 Å². The molecule has 2 saturated heterocycles. The van der Waals surface area contributed by atoms with Gasteiger partial charge < -0.3 is 72.9 Å². The Morgan fingerprint density at radius 2 is 1.54 bits per heavy atom. The maximum absolute atomic E-state index is 14.0. The molecule has 0 bridgehead atoms. The SMILES string of the molecule is CCc1c(Cl)c(OC)c(Cl)c(OC)c1C(=O)O[C@H]1[C@H](O)[C@H](OC)[C@H](OC/C2=C/C=C\C[C@@H](O)/C(C)=C\[C@H](CC)[C@@H](OC3OC(C)(C)[C@@H](OC(=O)C(C)C)[C@H](O)[C@@H]3O)/C(C)=C\C(C)=C/C[C@@H]([C@@H](C)O)OC2=O)O[C@@H]1C. The van der Waals surface area contributed by atoms with Crippen molar-refractivity contribution in [3.8, 4) is 11.5 Å². The first kappa shape index (κ1) is 62.6. The lowest BCUT2D eigenvalue weighted by molar-refractivity contribution is -0.333. The van der Waals surface area contributed by atoms with Crippen molar-refractivity contribution in [2.75, 3.05) is 27.9 Å². The van der Waals surface area contributed by atoms with E-state index in [1.54, 1.807) is 66.7 Å². The lowest BCUT2D eigenvalue weighted by atomic mass is 9.88. The molecule has 14 atom stereocenters. The van der Waals surface area contributed by atoms with Crippen LogP contribution in [0.15, 0.2) is 58.7 Å². The van der Waals surface area contributed by atoms with Gasteiger partial charge in [0.2, 0.25) is 0 Å². The van der Waals surface area contributed by atoms with E-state index in [2.05, 4.69) is 0 Å². The summed E-state index contributed by atoms with van der Waals surface area (Å²) in [6.07, 6.45) is -4.75. The largest absolute Gasteiger partial charge is 0.494 e. The Kier molecular flexibility index (Phi) is 23.7. The van der Waals surface area contributed by atoms with Crippen molar-refractivity contribution in [2.24, 2.45) is 11.8 Å². The van der Waals surface area contributed by atoms with Crippen LogP contribution in [0.5, 0.6) is 11.5 Å². The number of allylic oxidation sites excluding steroid dienone is 4. The summed E-state index contributed by atoms with van der Waals surface area (Å²) in [6.45, 7) is 18.4. The van der Waals surface area contributed by atoms with Gasteiger partial charge in [-0.3, -0.25) is 4.79 Å². The molecule has 1 aromatic carbocycles. The zero-order valence-electron chi connectivity index (χ0n) is 45.0. The van der Waals surface area contributed by atoms with Gasteiger partial charge in [-0.05, 0) is 90.5 Å². The van der Waals surface area contributed by atoms with Crippen LogP contribution in [0.25, 0.3) is 0 Å². The predicted octanol–water partition coefficient (Wildman–Crippen LogP) is 6.84. The highest BCUT2D eigenvalue weighted by molar-refractivity contribution is 6.39. The quantitative estimate of drug-likeness (QED) is 0.0686. The monoisotopic (exact) mass is 1080 g/mol. The third kappa shape index (κ3) is 15.2. The second kappa shape index (κ2) is 27.9. The fraction of sp³-hybridized carbons (Fsp3) is 0.648. The van der Waals surface area contributed by atoms with Crippen molar-refractivity contribution in [2.45, 2.75) is 187 Å². The third-order valence-corrected chi connectivity index (χ3v) is 14.1. The topological polar surface area (TPSA) is 245 Å². The first-order valence-corrected chi connectivity index (χ1v) is 25.7. The summed E-state index contributed by atoms with van der Waals surface area (Å²) in [6, 6.07) is 0. The van der Waals surface area contributed by atoms with Gasteiger partial charge in [-0.2, -0.15) is 0 Å². The minimum Gasteiger partial charge on any atom is -0.494 e. The maximum atomic E-state index is 14.0. The molecule has 3 aliphatic rings. The molecule has 18 nitrogen and oxygen atoms in total. The second-order valence-corrected chi connectivity index (χ2v) is 20.5. The van der Waals surface area contributed by atoms with E-state index in [0.717, 1.165) is 0 Å². The van der Waals surface area contributed by atoms with Crippen LogP contribution in [-0.2, 0) is 53.9 Å². The molecule has 0 radical (unpaired) electrons. The average molecular weight is 1090 g/mol. The predicted molar refractivity (Wildman–Crippen MR) is 275 cm³/mol. The highest BCUT2D eigenvalue weighted by Gasteiger charge is 2.53. The molecule has 5 N–H and O–H groups in total. The number of hydrogen-bond acceptors (Lipinski definition) is 18. The Morgan fingerprint density at radius 1 is 0.878 bits per heavy atom. The molecule has 0 saturated carbocycles. The number of benzene rings is 1. The second-order valence-electron chi connectivity index (χ2n) is 19.7. The van der Waals surface area contributed by atoms with E-state index in [4.69, 9.17) is 70.6 Å². The lowest BCUT2D eigenvalue weighted by Gasteiger charge is -2.47. The molecule has 4 rings (SSSR count). The molecule has 1 unspecified atom stereocenters. The first-order valence-electron chi connectivity index (χ1n) is 24.9. The van der Waals surface area contributed by atoms with E-state index >= 15 is 0 Å². The van der Waals surface area contributed by atoms with Crippen LogP contribution in [0.3, 0.4) is 0 Å². The number of cyclic esters (lactones) is 1. The van der Waals surface area contributed by atoms with Crippen molar-refractivity contribution in [3.05, 3.63) is 79.9 Å². The number of carbonyl (C=O) groups excluding carboxylic acids is 3. The van der Waals surface area contributed by atoms with Crippen molar-refractivity contribution in [1.29, 1.82) is 0 Å². The van der Waals surface area contributed by atoms with Crippen molar-refractivity contribution in [1.82, 2.24) is 0 Å². The van der Waals surface area contributed by atoms with E-state index in [1.807, 2.05) is 32.9 Å². The molecule has 0 spiro atoms. The number of aliphatic hydroxyl groups is 5. The molecule has 3 heterocycles. The number of rotatable bonds is 15. The maximum Gasteiger partial charge on any atom is 0.342 e. The molecule has 74 heavy (non-hydrogen) atoms. The van der Waals surface area contributed by atoms with Gasteiger partial charge in [0.1, 0.15) is 46.7 Å². The Bertz CT molecular complexity index is 2220. The van der Waals surface area contributed by atoms with Crippen LogP contribution < -0.4 is 9.47 Å². The van der Waals surface area contributed by atoms with Crippen LogP contribution in [0.2, 0.25) is 10.0 Å². The molecule has 3 aliphatic heterocycles.